The smallest absolute Gasteiger partial charge is 0.253 e. The highest BCUT2D eigenvalue weighted by Gasteiger charge is 2.25. The van der Waals surface area contributed by atoms with E-state index >= 15 is 0 Å². The van der Waals surface area contributed by atoms with Gasteiger partial charge in [-0.05, 0) is 25.0 Å². The fourth-order valence-corrected chi connectivity index (χ4v) is 3.08. The third-order valence-electron chi connectivity index (χ3n) is 4.43. The first-order chi connectivity index (χ1) is 11.1. The molecule has 0 bridgehead atoms. The summed E-state index contributed by atoms with van der Waals surface area (Å²) in [6.07, 6.45) is 2.19. The molecule has 124 valence electrons. The van der Waals surface area contributed by atoms with Gasteiger partial charge in [-0.2, -0.15) is 0 Å². The number of carbonyl (C=O) groups excluding carboxylic acids is 2. The molecular weight excluding hydrogens is 294 g/mol. The van der Waals surface area contributed by atoms with Gasteiger partial charge in [0, 0.05) is 38.9 Å². The van der Waals surface area contributed by atoms with E-state index in [0.29, 0.717) is 18.7 Å². The maximum Gasteiger partial charge on any atom is 0.253 e. The molecule has 0 saturated carbocycles. The highest BCUT2D eigenvalue weighted by molar-refractivity contribution is 5.99. The number of morpholine rings is 1. The van der Waals surface area contributed by atoms with Crippen LogP contribution in [-0.4, -0.2) is 62.7 Å². The van der Waals surface area contributed by atoms with Gasteiger partial charge in [0.05, 0.1) is 11.7 Å². The lowest BCUT2D eigenvalue weighted by Gasteiger charge is -2.30. The van der Waals surface area contributed by atoms with Crippen molar-refractivity contribution in [1.82, 2.24) is 10.2 Å². The number of anilines is 1. The van der Waals surface area contributed by atoms with Gasteiger partial charge in [0.15, 0.2) is 0 Å². The lowest BCUT2D eigenvalue weighted by molar-refractivity contribution is -0.146. The van der Waals surface area contributed by atoms with Gasteiger partial charge in [-0.25, -0.2) is 0 Å². The van der Waals surface area contributed by atoms with Crippen LogP contribution in [0.2, 0.25) is 0 Å². The number of amides is 2. The van der Waals surface area contributed by atoms with Crippen molar-refractivity contribution >= 4 is 17.5 Å². The lowest BCUT2D eigenvalue weighted by Crippen LogP contribution is -2.48. The van der Waals surface area contributed by atoms with Gasteiger partial charge in [0.25, 0.3) is 5.91 Å². The minimum absolute atomic E-state index is 0.0213. The van der Waals surface area contributed by atoms with E-state index in [1.54, 1.807) is 11.9 Å². The van der Waals surface area contributed by atoms with E-state index in [1.165, 1.54) is 12.8 Å². The predicted octanol–water partition coefficient (Wildman–Crippen LogP) is 0.874. The molecule has 2 fully saturated rings. The summed E-state index contributed by atoms with van der Waals surface area (Å²) in [6, 6.07) is 7.72. The molecule has 0 spiro atoms. The molecule has 2 saturated heterocycles. The number of para-hydroxylation sites is 1. The number of benzene rings is 1. The Labute approximate surface area is 136 Å². The fourth-order valence-electron chi connectivity index (χ4n) is 3.08. The number of likely N-dealkylation sites (N-methyl/N-ethyl adjacent to an activating group) is 1. The van der Waals surface area contributed by atoms with Gasteiger partial charge in [-0.3, -0.25) is 9.59 Å². The zero-order valence-electron chi connectivity index (χ0n) is 13.5. The number of carbonyl (C=O) groups is 2. The van der Waals surface area contributed by atoms with Gasteiger partial charge < -0.3 is 19.9 Å². The van der Waals surface area contributed by atoms with E-state index in [9.17, 15) is 9.59 Å². The van der Waals surface area contributed by atoms with Gasteiger partial charge in [-0.1, -0.05) is 12.1 Å². The van der Waals surface area contributed by atoms with Crippen LogP contribution in [0.25, 0.3) is 0 Å². The topological polar surface area (TPSA) is 61.9 Å². The van der Waals surface area contributed by atoms with Crippen LogP contribution in [-0.2, 0) is 9.53 Å². The average molecular weight is 317 g/mol. The van der Waals surface area contributed by atoms with E-state index in [-0.39, 0.29) is 24.5 Å². The second-order valence-corrected chi connectivity index (χ2v) is 6.13. The van der Waals surface area contributed by atoms with Crippen LogP contribution in [0.4, 0.5) is 5.69 Å². The van der Waals surface area contributed by atoms with Crippen LogP contribution < -0.4 is 10.2 Å². The van der Waals surface area contributed by atoms with E-state index in [4.69, 9.17) is 4.74 Å². The zero-order valence-corrected chi connectivity index (χ0v) is 13.5. The number of nitrogens with zero attached hydrogens (tertiary/aromatic N) is 2. The van der Waals surface area contributed by atoms with E-state index in [2.05, 4.69) is 10.2 Å². The van der Waals surface area contributed by atoms with E-state index in [0.717, 1.165) is 18.8 Å². The highest BCUT2D eigenvalue weighted by Crippen LogP contribution is 2.24. The zero-order chi connectivity index (χ0) is 16.2. The Hall–Kier alpha value is -2.08. The molecule has 6 heteroatoms. The standard InChI is InChI=1S/C17H23N3O3/c1-19-11-13(23-12-16(19)21)10-18-17(22)14-6-2-3-7-15(14)20-8-4-5-9-20/h2-3,6-7,13H,4-5,8-12H2,1H3,(H,18,22)/t13-/m1/s1. The normalized spacial score (nSPS) is 21.6. The Morgan fingerprint density at radius 2 is 2.04 bits per heavy atom. The van der Waals surface area contributed by atoms with Crippen molar-refractivity contribution in [3.05, 3.63) is 29.8 Å². The fraction of sp³-hybridized carbons (Fsp3) is 0.529. The number of hydrogen-bond acceptors (Lipinski definition) is 4. The molecule has 2 aliphatic heterocycles. The van der Waals surface area contributed by atoms with Gasteiger partial charge in [-0.15, -0.1) is 0 Å². The summed E-state index contributed by atoms with van der Waals surface area (Å²) in [7, 11) is 1.75. The van der Waals surface area contributed by atoms with Gasteiger partial charge in [0.2, 0.25) is 5.91 Å². The molecule has 1 aromatic rings. The lowest BCUT2D eigenvalue weighted by atomic mass is 10.1. The molecule has 23 heavy (non-hydrogen) atoms. The molecule has 2 aliphatic rings. The summed E-state index contributed by atoms with van der Waals surface area (Å²) in [5, 5.41) is 2.94. The summed E-state index contributed by atoms with van der Waals surface area (Å²) >= 11 is 0. The summed E-state index contributed by atoms with van der Waals surface area (Å²) in [4.78, 5) is 27.8. The largest absolute Gasteiger partial charge is 0.371 e. The molecule has 0 unspecified atom stereocenters. The molecular formula is C17H23N3O3. The monoisotopic (exact) mass is 317 g/mol. The SMILES string of the molecule is CN1C[C@@H](CNC(=O)c2ccccc2N2CCCC2)OCC1=O. The Balaban J connectivity index is 1.61. The third-order valence-corrected chi connectivity index (χ3v) is 4.43. The molecule has 2 heterocycles. The molecule has 3 rings (SSSR count). The quantitative estimate of drug-likeness (QED) is 0.895. The van der Waals surface area contributed by atoms with Crippen molar-refractivity contribution in [2.45, 2.75) is 18.9 Å². The maximum atomic E-state index is 12.5. The Bertz CT molecular complexity index is 584. The highest BCUT2D eigenvalue weighted by atomic mass is 16.5. The number of ether oxygens (including phenoxy) is 1. The van der Waals surface area contributed by atoms with Crippen molar-refractivity contribution in [2.75, 3.05) is 44.7 Å². The Morgan fingerprint density at radius 3 is 2.78 bits per heavy atom. The van der Waals surface area contributed by atoms with Crippen LogP contribution in [0, 0.1) is 0 Å². The molecule has 0 radical (unpaired) electrons. The van der Waals surface area contributed by atoms with Crippen molar-refractivity contribution in [3.63, 3.8) is 0 Å². The Morgan fingerprint density at radius 1 is 1.30 bits per heavy atom. The van der Waals surface area contributed by atoms with Crippen molar-refractivity contribution < 1.29 is 14.3 Å². The second kappa shape index (κ2) is 7.00. The molecule has 0 aromatic heterocycles. The predicted molar refractivity (Wildman–Crippen MR) is 87.6 cm³/mol. The molecule has 2 amide bonds. The second-order valence-electron chi connectivity index (χ2n) is 6.13. The third kappa shape index (κ3) is 3.64. The van der Waals surface area contributed by atoms with Crippen LogP contribution >= 0.6 is 0 Å². The maximum absolute atomic E-state index is 12.5. The summed E-state index contributed by atoms with van der Waals surface area (Å²) < 4.78 is 5.46. The molecule has 1 aromatic carbocycles. The summed E-state index contributed by atoms with van der Waals surface area (Å²) in [5.74, 6) is -0.109. The van der Waals surface area contributed by atoms with Crippen LogP contribution in [0.5, 0.6) is 0 Å². The van der Waals surface area contributed by atoms with E-state index < -0.39 is 0 Å². The minimum atomic E-state index is -0.152. The van der Waals surface area contributed by atoms with Crippen molar-refractivity contribution in [1.29, 1.82) is 0 Å². The molecule has 1 N–H and O–H groups in total. The molecule has 1 atom stereocenters. The molecule has 6 nitrogen and oxygen atoms in total. The average Bonchev–Trinajstić information content (AvgIpc) is 3.10. The Kier molecular flexibility index (Phi) is 4.81. The number of nitrogens with one attached hydrogen (secondary N) is 1. The molecule has 0 aliphatic carbocycles. The van der Waals surface area contributed by atoms with Gasteiger partial charge >= 0.3 is 0 Å². The van der Waals surface area contributed by atoms with Crippen molar-refractivity contribution in [2.24, 2.45) is 0 Å². The summed E-state index contributed by atoms with van der Waals surface area (Å²) in [6.45, 7) is 3.00. The minimum Gasteiger partial charge on any atom is -0.371 e. The van der Waals surface area contributed by atoms with E-state index in [1.807, 2.05) is 24.3 Å². The van der Waals surface area contributed by atoms with Crippen LogP contribution in [0.3, 0.4) is 0 Å². The number of hydrogen-bond donors (Lipinski definition) is 1. The first-order valence-corrected chi connectivity index (χ1v) is 8.13. The van der Waals surface area contributed by atoms with Crippen LogP contribution in [0.15, 0.2) is 24.3 Å². The van der Waals surface area contributed by atoms with Crippen molar-refractivity contribution in [3.8, 4) is 0 Å². The summed E-state index contributed by atoms with van der Waals surface area (Å²) in [5.41, 5.74) is 1.70. The van der Waals surface area contributed by atoms with Gasteiger partial charge in [0.1, 0.15) is 6.61 Å². The first-order valence-electron chi connectivity index (χ1n) is 8.13. The number of rotatable bonds is 4. The van der Waals surface area contributed by atoms with Crippen LogP contribution in [0.1, 0.15) is 23.2 Å². The first kappa shape index (κ1) is 15.8.